The molecule has 0 aromatic heterocycles. The second-order valence-corrected chi connectivity index (χ2v) is 2.76. The Bertz CT molecular complexity index is 83.3. The van der Waals surface area contributed by atoms with E-state index in [-0.39, 0.29) is 6.29 Å². The molecule has 0 aliphatic carbocycles. The van der Waals surface area contributed by atoms with Crippen molar-refractivity contribution >= 4 is 0 Å². The normalized spacial score (nSPS) is 34.2. The van der Waals surface area contributed by atoms with Gasteiger partial charge < -0.3 is 9.47 Å². The molecule has 0 N–H and O–H groups in total. The van der Waals surface area contributed by atoms with Crippen LogP contribution in [0.1, 0.15) is 32.6 Å². The summed E-state index contributed by atoms with van der Waals surface area (Å²) in [6.45, 7) is 2.16. The minimum Gasteiger partial charge on any atom is -0.356 e. The van der Waals surface area contributed by atoms with Crippen molar-refractivity contribution in [3.63, 3.8) is 0 Å². The first-order valence-corrected chi connectivity index (χ1v) is 4.05. The van der Waals surface area contributed by atoms with E-state index in [1.807, 2.05) is 0 Å². The van der Waals surface area contributed by atoms with E-state index in [1.54, 1.807) is 7.11 Å². The summed E-state index contributed by atoms with van der Waals surface area (Å²) in [6, 6.07) is 0. The molecule has 1 aliphatic rings. The van der Waals surface area contributed by atoms with E-state index in [9.17, 15) is 0 Å². The molecule has 2 heteroatoms. The van der Waals surface area contributed by atoms with E-state index >= 15 is 0 Å². The summed E-state index contributed by atoms with van der Waals surface area (Å²) in [5, 5.41) is 0. The zero-order valence-corrected chi connectivity index (χ0v) is 6.80. The fourth-order valence-electron chi connectivity index (χ4n) is 1.34. The molecule has 0 spiro atoms. The van der Waals surface area contributed by atoms with Gasteiger partial charge in [0, 0.05) is 7.11 Å². The number of hydrogen-bond acceptors (Lipinski definition) is 2. The fraction of sp³-hybridized carbons (Fsp3) is 1.00. The topological polar surface area (TPSA) is 18.5 Å². The molecular formula is C8H16O2. The van der Waals surface area contributed by atoms with Gasteiger partial charge in [0.25, 0.3) is 0 Å². The highest BCUT2D eigenvalue weighted by atomic mass is 16.7. The molecule has 0 saturated carbocycles. The first-order chi connectivity index (χ1) is 4.86. The molecule has 60 valence electrons. The van der Waals surface area contributed by atoms with Crippen LogP contribution in [0.25, 0.3) is 0 Å². The monoisotopic (exact) mass is 144 g/mol. The van der Waals surface area contributed by atoms with Crippen molar-refractivity contribution in [2.75, 3.05) is 7.11 Å². The lowest BCUT2D eigenvalue weighted by atomic mass is 10.1. The number of hydrogen-bond donors (Lipinski definition) is 0. The van der Waals surface area contributed by atoms with Crippen LogP contribution in [0.5, 0.6) is 0 Å². The van der Waals surface area contributed by atoms with Crippen molar-refractivity contribution in [2.45, 2.75) is 45.0 Å². The van der Waals surface area contributed by atoms with Crippen molar-refractivity contribution in [2.24, 2.45) is 0 Å². The van der Waals surface area contributed by atoms with Crippen molar-refractivity contribution in [1.29, 1.82) is 0 Å². The van der Waals surface area contributed by atoms with E-state index in [4.69, 9.17) is 9.47 Å². The van der Waals surface area contributed by atoms with E-state index in [1.165, 1.54) is 12.8 Å². The van der Waals surface area contributed by atoms with Gasteiger partial charge in [-0.2, -0.15) is 0 Å². The predicted octanol–water partition coefficient (Wildman–Crippen LogP) is 1.94. The summed E-state index contributed by atoms with van der Waals surface area (Å²) in [6.07, 6.45) is 5.14. The summed E-state index contributed by atoms with van der Waals surface area (Å²) in [7, 11) is 1.71. The van der Waals surface area contributed by atoms with Crippen LogP contribution in [-0.2, 0) is 9.47 Å². The zero-order valence-electron chi connectivity index (χ0n) is 6.80. The van der Waals surface area contributed by atoms with E-state index in [0.29, 0.717) is 6.10 Å². The van der Waals surface area contributed by atoms with Crippen molar-refractivity contribution in [3.8, 4) is 0 Å². The van der Waals surface area contributed by atoms with Gasteiger partial charge in [-0.1, -0.05) is 6.92 Å². The smallest absolute Gasteiger partial charge is 0.157 e. The Hall–Kier alpha value is -0.0800. The fourth-order valence-corrected chi connectivity index (χ4v) is 1.34. The summed E-state index contributed by atoms with van der Waals surface area (Å²) >= 11 is 0. The van der Waals surface area contributed by atoms with Crippen LogP contribution in [0.3, 0.4) is 0 Å². The highest BCUT2D eigenvalue weighted by Gasteiger charge is 2.19. The van der Waals surface area contributed by atoms with Crippen LogP contribution in [-0.4, -0.2) is 19.5 Å². The van der Waals surface area contributed by atoms with Gasteiger partial charge in [0.1, 0.15) is 0 Å². The third-order valence-electron chi connectivity index (χ3n) is 2.03. The van der Waals surface area contributed by atoms with Crippen molar-refractivity contribution in [3.05, 3.63) is 0 Å². The van der Waals surface area contributed by atoms with Crippen LogP contribution < -0.4 is 0 Å². The van der Waals surface area contributed by atoms with E-state index in [2.05, 4.69) is 6.92 Å². The quantitative estimate of drug-likeness (QED) is 0.589. The summed E-state index contributed by atoms with van der Waals surface area (Å²) in [5.74, 6) is 0. The molecule has 0 radical (unpaired) electrons. The minimum absolute atomic E-state index is 0.0682. The van der Waals surface area contributed by atoms with Crippen molar-refractivity contribution < 1.29 is 9.47 Å². The van der Waals surface area contributed by atoms with Gasteiger partial charge >= 0.3 is 0 Å². The van der Waals surface area contributed by atoms with E-state index in [0.717, 1.165) is 12.8 Å². The molecule has 1 heterocycles. The maximum atomic E-state index is 5.56. The highest BCUT2D eigenvalue weighted by molar-refractivity contribution is 4.63. The average Bonchev–Trinajstić information content (AvgIpc) is 2.05. The average molecular weight is 144 g/mol. The van der Waals surface area contributed by atoms with E-state index < -0.39 is 0 Å². The lowest BCUT2D eigenvalue weighted by Crippen LogP contribution is -2.28. The molecular weight excluding hydrogens is 128 g/mol. The summed E-state index contributed by atoms with van der Waals surface area (Å²) < 4.78 is 10.7. The van der Waals surface area contributed by atoms with Crippen LogP contribution in [0.15, 0.2) is 0 Å². The highest BCUT2D eigenvalue weighted by Crippen LogP contribution is 2.20. The Labute approximate surface area is 62.5 Å². The Balaban J connectivity index is 2.25. The van der Waals surface area contributed by atoms with Gasteiger partial charge in [-0.15, -0.1) is 0 Å². The predicted molar refractivity (Wildman–Crippen MR) is 39.8 cm³/mol. The third kappa shape index (κ3) is 1.96. The largest absolute Gasteiger partial charge is 0.356 e. The van der Waals surface area contributed by atoms with Gasteiger partial charge in [0.15, 0.2) is 6.29 Å². The van der Waals surface area contributed by atoms with Crippen LogP contribution in [0, 0.1) is 0 Å². The van der Waals surface area contributed by atoms with Crippen LogP contribution in [0.4, 0.5) is 0 Å². The molecule has 1 rings (SSSR count). The number of ether oxygens (including phenoxy) is 2. The lowest BCUT2D eigenvalue weighted by Gasteiger charge is -2.27. The molecule has 0 aromatic carbocycles. The van der Waals surface area contributed by atoms with Gasteiger partial charge in [0.2, 0.25) is 0 Å². The van der Waals surface area contributed by atoms with Crippen LogP contribution >= 0.6 is 0 Å². The lowest BCUT2D eigenvalue weighted by molar-refractivity contribution is -0.180. The maximum Gasteiger partial charge on any atom is 0.157 e. The molecule has 1 fully saturated rings. The first kappa shape index (κ1) is 8.02. The molecule has 2 unspecified atom stereocenters. The summed E-state index contributed by atoms with van der Waals surface area (Å²) in [5.41, 5.74) is 0. The molecule has 0 bridgehead atoms. The first-order valence-electron chi connectivity index (χ1n) is 4.05. The SMILES string of the molecule is CCC1CCCC(OC)O1. The molecule has 0 amide bonds. The summed E-state index contributed by atoms with van der Waals surface area (Å²) in [4.78, 5) is 0. The van der Waals surface area contributed by atoms with Gasteiger partial charge in [0.05, 0.1) is 6.10 Å². The number of methoxy groups -OCH3 is 1. The Morgan fingerprint density at radius 3 is 2.90 bits per heavy atom. The Morgan fingerprint density at radius 1 is 1.50 bits per heavy atom. The Morgan fingerprint density at radius 2 is 2.30 bits per heavy atom. The maximum absolute atomic E-state index is 5.56. The standard InChI is InChI=1S/C8H16O2/c1-3-7-5-4-6-8(9-2)10-7/h7-8H,3-6H2,1-2H3. The van der Waals surface area contributed by atoms with Crippen molar-refractivity contribution in [1.82, 2.24) is 0 Å². The molecule has 1 aliphatic heterocycles. The molecule has 10 heavy (non-hydrogen) atoms. The molecule has 0 aromatic rings. The van der Waals surface area contributed by atoms with Gasteiger partial charge in [-0.25, -0.2) is 0 Å². The minimum atomic E-state index is 0.0682. The van der Waals surface area contributed by atoms with Gasteiger partial charge in [-0.3, -0.25) is 0 Å². The number of rotatable bonds is 2. The molecule has 2 nitrogen and oxygen atoms in total. The Kier molecular flexibility index (Phi) is 3.16. The van der Waals surface area contributed by atoms with Gasteiger partial charge in [-0.05, 0) is 25.7 Å². The molecule has 2 atom stereocenters. The molecule has 1 saturated heterocycles. The third-order valence-corrected chi connectivity index (χ3v) is 2.03. The zero-order chi connectivity index (χ0) is 7.40. The second kappa shape index (κ2) is 3.94. The second-order valence-electron chi connectivity index (χ2n) is 2.76. The van der Waals surface area contributed by atoms with Crippen LogP contribution in [0.2, 0.25) is 0 Å².